The van der Waals surface area contributed by atoms with E-state index in [0.717, 1.165) is 26.2 Å². The summed E-state index contributed by atoms with van der Waals surface area (Å²) >= 11 is 5.89. The molecule has 2 N–H and O–H groups in total. The summed E-state index contributed by atoms with van der Waals surface area (Å²) in [6, 6.07) is 5.51. The first kappa shape index (κ1) is 15.7. The second-order valence-electron chi connectivity index (χ2n) is 5.37. The summed E-state index contributed by atoms with van der Waals surface area (Å²) in [6.45, 7) is 8.63. The average molecular weight is 300 g/mol. The molecule has 0 aliphatic carbocycles. The Balaban J connectivity index is 2.19. The first-order valence-electron chi connectivity index (χ1n) is 7.20. The minimum absolute atomic E-state index is 0.102. The second kappa shape index (κ2) is 6.85. The Morgan fingerprint density at radius 1 is 1.45 bits per heavy atom. The monoisotopic (exact) mass is 299 g/mol. The molecule has 1 aliphatic rings. The molecule has 1 aliphatic heterocycles. The third kappa shape index (κ3) is 3.14. The maximum atomic E-state index is 14.2. The van der Waals surface area contributed by atoms with Gasteiger partial charge in [-0.25, -0.2) is 4.39 Å². The van der Waals surface area contributed by atoms with E-state index < -0.39 is 0 Å². The van der Waals surface area contributed by atoms with Gasteiger partial charge in [-0.1, -0.05) is 30.7 Å². The zero-order chi connectivity index (χ0) is 14.7. The minimum Gasteiger partial charge on any atom is -0.329 e. The lowest BCUT2D eigenvalue weighted by molar-refractivity contribution is 0.0596. The fourth-order valence-electron chi connectivity index (χ4n) is 3.03. The molecule has 0 bridgehead atoms. The van der Waals surface area contributed by atoms with Crippen LogP contribution in [0.3, 0.4) is 0 Å². The first-order chi connectivity index (χ1) is 9.58. The van der Waals surface area contributed by atoms with Crippen molar-refractivity contribution >= 4 is 11.6 Å². The number of likely N-dealkylation sites (N-methyl/N-ethyl adjacent to an activating group) is 1. The summed E-state index contributed by atoms with van der Waals surface area (Å²) in [7, 11) is 0. The molecule has 0 radical (unpaired) electrons. The van der Waals surface area contributed by atoms with Gasteiger partial charge in [-0.05, 0) is 19.5 Å². The standard InChI is InChI=1S/C15H23ClFN3/c1-3-19-7-8-20(10-11(19)2)14(9-18)12-5-4-6-13(16)15(12)17/h4-6,11,14H,3,7-10,18H2,1-2H3. The van der Waals surface area contributed by atoms with Gasteiger partial charge in [-0.2, -0.15) is 0 Å². The van der Waals surface area contributed by atoms with Gasteiger partial charge in [-0.15, -0.1) is 0 Å². The van der Waals surface area contributed by atoms with Gasteiger partial charge in [0.1, 0.15) is 5.82 Å². The van der Waals surface area contributed by atoms with Crippen molar-refractivity contribution in [2.45, 2.75) is 25.9 Å². The molecule has 1 saturated heterocycles. The molecule has 0 saturated carbocycles. The summed E-state index contributed by atoms with van der Waals surface area (Å²) in [4.78, 5) is 4.70. The van der Waals surface area contributed by atoms with Crippen LogP contribution in [-0.2, 0) is 0 Å². The molecule has 3 nitrogen and oxygen atoms in total. The van der Waals surface area contributed by atoms with E-state index in [9.17, 15) is 4.39 Å². The van der Waals surface area contributed by atoms with E-state index in [0.29, 0.717) is 18.2 Å². The number of piperazine rings is 1. The fraction of sp³-hybridized carbons (Fsp3) is 0.600. The third-order valence-corrected chi connectivity index (χ3v) is 4.50. The van der Waals surface area contributed by atoms with Gasteiger partial charge in [0.15, 0.2) is 0 Å². The molecule has 0 aromatic heterocycles. The quantitative estimate of drug-likeness (QED) is 0.927. The van der Waals surface area contributed by atoms with Crippen LogP contribution in [0.4, 0.5) is 4.39 Å². The molecule has 1 fully saturated rings. The lowest BCUT2D eigenvalue weighted by atomic mass is 10.0. The van der Waals surface area contributed by atoms with Crippen LogP contribution in [-0.4, -0.2) is 48.6 Å². The molecule has 2 unspecified atom stereocenters. The van der Waals surface area contributed by atoms with Crippen molar-refractivity contribution in [3.05, 3.63) is 34.6 Å². The summed E-state index contributed by atoms with van der Waals surface area (Å²) in [5.74, 6) is -0.338. The molecule has 5 heteroatoms. The molecule has 112 valence electrons. The largest absolute Gasteiger partial charge is 0.329 e. The van der Waals surface area contributed by atoms with Crippen LogP contribution in [0.2, 0.25) is 5.02 Å². The molecule has 1 aromatic carbocycles. The molecule has 0 spiro atoms. The number of rotatable bonds is 4. The van der Waals surface area contributed by atoms with Crippen LogP contribution in [0.25, 0.3) is 0 Å². The number of halogens is 2. The van der Waals surface area contributed by atoms with Gasteiger partial charge in [0.2, 0.25) is 0 Å². The predicted octanol–water partition coefficient (Wildman–Crippen LogP) is 2.50. The number of hydrogen-bond acceptors (Lipinski definition) is 3. The van der Waals surface area contributed by atoms with Gasteiger partial charge in [0.25, 0.3) is 0 Å². The Morgan fingerprint density at radius 2 is 2.20 bits per heavy atom. The molecular formula is C15H23ClFN3. The topological polar surface area (TPSA) is 32.5 Å². The summed E-state index contributed by atoms with van der Waals surface area (Å²) < 4.78 is 14.2. The Labute approximate surface area is 125 Å². The molecule has 20 heavy (non-hydrogen) atoms. The number of benzene rings is 1. The van der Waals surface area contributed by atoms with Gasteiger partial charge < -0.3 is 5.73 Å². The first-order valence-corrected chi connectivity index (χ1v) is 7.58. The van der Waals surface area contributed by atoms with Crippen molar-refractivity contribution in [1.82, 2.24) is 9.80 Å². The highest BCUT2D eigenvalue weighted by Gasteiger charge is 2.29. The molecule has 2 rings (SSSR count). The highest BCUT2D eigenvalue weighted by atomic mass is 35.5. The van der Waals surface area contributed by atoms with E-state index in [1.807, 2.05) is 0 Å². The Hall–Kier alpha value is -0.680. The summed E-state index contributed by atoms with van der Waals surface area (Å²) in [6.07, 6.45) is 0. The van der Waals surface area contributed by atoms with Gasteiger partial charge in [0.05, 0.1) is 11.1 Å². The van der Waals surface area contributed by atoms with E-state index >= 15 is 0 Å². The van der Waals surface area contributed by atoms with Crippen molar-refractivity contribution < 1.29 is 4.39 Å². The lowest BCUT2D eigenvalue weighted by Crippen LogP contribution is -2.53. The van der Waals surface area contributed by atoms with E-state index in [1.54, 1.807) is 18.2 Å². The average Bonchev–Trinajstić information content (AvgIpc) is 2.44. The highest BCUT2D eigenvalue weighted by molar-refractivity contribution is 6.30. The fourth-order valence-corrected chi connectivity index (χ4v) is 3.21. The minimum atomic E-state index is -0.338. The third-order valence-electron chi connectivity index (χ3n) is 4.21. The molecule has 1 aromatic rings. The zero-order valence-corrected chi connectivity index (χ0v) is 12.9. The van der Waals surface area contributed by atoms with Gasteiger partial charge >= 0.3 is 0 Å². The van der Waals surface area contributed by atoms with E-state index in [-0.39, 0.29) is 16.9 Å². The van der Waals surface area contributed by atoms with Crippen molar-refractivity contribution in [3.63, 3.8) is 0 Å². The number of hydrogen-bond donors (Lipinski definition) is 1. The van der Waals surface area contributed by atoms with Crippen LogP contribution in [0.1, 0.15) is 25.5 Å². The van der Waals surface area contributed by atoms with Crippen LogP contribution in [0, 0.1) is 5.82 Å². The van der Waals surface area contributed by atoms with E-state index in [1.165, 1.54) is 0 Å². The molecule has 0 amide bonds. The smallest absolute Gasteiger partial charge is 0.146 e. The van der Waals surface area contributed by atoms with Crippen molar-refractivity contribution in [2.24, 2.45) is 5.73 Å². The van der Waals surface area contributed by atoms with Crippen LogP contribution >= 0.6 is 11.6 Å². The number of nitrogens with two attached hydrogens (primary N) is 1. The maximum absolute atomic E-state index is 14.2. The Bertz CT molecular complexity index is 455. The molecule has 1 heterocycles. The van der Waals surface area contributed by atoms with Gasteiger partial charge in [-0.3, -0.25) is 9.80 Å². The van der Waals surface area contributed by atoms with Crippen molar-refractivity contribution in [2.75, 3.05) is 32.7 Å². The molecule has 2 atom stereocenters. The zero-order valence-electron chi connectivity index (χ0n) is 12.1. The van der Waals surface area contributed by atoms with Crippen molar-refractivity contribution in [3.8, 4) is 0 Å². The lowest BCUT2D eigenvalue weighted by Gasteiger charge is -2.42. The van der Waals surface area contributed by atoms with Crippen molar-refractivity contribution in [1.29, 1.82) is 0 Å². The van der Waals surface area contributed by atoms with E-state index in [4.69, 9.17) is 17.3 Å². The summed E-state index contributed by atoms with van der Waals surface area (Å²) in [5.41, 5.74) is 6.51. The van der Waals surface area contributed by atoms with E-state index in [2.05, 4.69) is 23.6 Å². The Morgan fingerprint density at radius 3 is 2.80 bits per heavy atom. The SMILES string of the molecule is CCN1CCN(C(CN)c2cccc(Cl)c2F)CC1C. The summed E-state index contributed by atoms with van der Waals surface area (Å²) in [5, 5.41) is 0.168. The van der Waals surface area contributed by atoms with Gasteiger partial charge in [0, 0.05) is 37.8 Å². The highest BCUT2D eigenvalue weighted by Crippen LogP contribution is 2.28. The molecular weight excluding hydrogens is 277 g/mol. The number of nitrogens with zero attached hydrogens (tertiary/aromatic N) is 2. The normalized spacial score (nSPS) is 22.9. The second-order valence-corrected chi connectivity index (χ2v) is 5.77. The van der Waals surface area contributed by atoms with Crippen LogP contribution in [0.5, 0.6) is 0 Å². The predicted molar refractivity (Wildman–Crippen MR) is 81.5 cm³/mol. The van der Waals surface area contributed by atoms with Crippen LogP contribution < -0.4 is 5.73 Å². The maximum Gasteiger partial charge on any atom is 0.146 e. The van der Waals surface area contributed by atoms with Crippen LogP contribution in [0.15, 0.2) is 18.2 Å². The Kier molecular flexibility index (Phi) is 5.38.